The predicted molar refractivity (Wildman–Crippen MR) is 103 cm³/mol. The van der Waals surface area contributed by atoms with Gasteiger partial charge in [0.25, 0.3) is 0 Å². The van der Waals surface area contributed by atoms with Crippen LogP contribution in [0.5, 0.6) is 0 Å². The van der Waals surface area contributed by atoms with Crippen LogP contribution in [0.4, 0.5) is 0 Å². The SMILES string of the molecule is COC(=O)[C@@H](CC(C)C)NC(=O)CSc1nnnn1-c1cc(C)cc(C)c1. The fourth-order valence-electron chi connectivity index (χ4n) is 2.70. The molecule has 0 aliphatic heterocycles. The van der Waals surface area contributed by atoms with Crippen LogP contribution in [0, 0.1) is 19.8 Å². The summed E-state index contributed by atoms with van der Waals surface area (Å²) in [5, 5.41) is 15.0. The van der Waals surface area contributed by atoms with Crippen molar-refractivity contribution in [2.24, 2.45) is 5.92 Å². The number of carbonyl (C=O) groups excluding carboxylic acids is 2. The van der Waals surface area contributed by atoms with Gasteiger partial charge in [-0.3, -0.25) is 4.79 Å². The van der Waals surface area contributed by atoms with Crippen molar-refractivity contribution in [1.82, 2.24) is 25.5 Å². The molecule has 2 aromatic rings. The lowest BCUT2D eigenvalue weighted by atomic mass is 10.0. The Morgan fingerprint density at radius 1 is 1.22 bits per heavy atom. The molecule has 146 valence electrons. The van der Waals surface area contributed by atoms with Crippen molar-refractivity contribution in [2.75, 3.05) is 12.9 Å². The van der Waals surface area contributed by atoms with Gasteiger partial charge >= 0.3 is 5.97 Å². The van der Waals surface area contributed by atoms with E-state index in [1.807, 2.05) is 39.8 Å². The second-order valence-electron chi connectivity index (χ2n) is 6.78. The molecule has 0 bridgehead atoms. The first-order chi connectivity index (χ1) is 12.8. The summed E-state index contributed by atoms with van der Waals surface area (Å²) in [5.74, 6) is -0.372. The maximum absolute atomic E-state index is 12.3. The molecule has 0 fully saturated rings. The number of thioether (sulfide) groups is 1. The summed E-state index contributed by atoms with van der Waals surface area (Å²) in [6, 6.07) is 5.36. The van der Waals surface area contributed by atoms with Crippen molar-refractivity contribution in [2.45, 2.75) is 45.3 Å². The topological polar surface area (TPSA) is 99.0 Å². The number of amides is 1. The number of nitrogens with one attached hydrogen (secondary N) is 1. The van der Waals surface area contributed by atoms with Crippen LogP contribution in [0.15, 0.2) is 23.4 Å². The number of esters is 1. The van der Waals surface area contributed by atoms with Crippen molar-refractivity contribution in [3.8, 4) is 5.69 Å². The second-order valence-corrected chi connectivity index (χ2v) is 7.72. The van der Waals surface area contributed by atoms with E-state index in [0.29, 0.717) is 11.6 Å². The molecule has 1 aromatic carbocycles. The fraction of sp³-hybridized carbons (Fsp3) is 0.500. The molecular formula is C18H25N5O3S. The van der Waals surface area contributed by atoms with Gasteiger partial charge in [-0.05, 0) is 59.9 Å². The Morgan fingerprint density at radius 2 is 1.89 bits per heavy atom. The lowest BCUT2D eigenvalue weighted by Gasteiger charge is -2.18. The molecule has 9 heteroatoms. The smallest absolute Gasteiger partial charge is 0.328 e. The fourth-order valence-corrected chi connectivity index (χ4v) is 3.40. The van der Waals surface area contributed by atoms with E-state index in [-0.39, 0.29) is 17.6 Å². The second kappa shape index (κ2) is 9.50. The molecule has 0 saturated heterocycles. The van der Waals surface area contributed by atoms with Crippen LogP contribution in [0.2, 0.25) is 0 Å². The summed E-state index contributed by atoms with van der Waals surface area (Å²) < 4.78 is 6.37. The number of tetrazole rings is 1. The molecule has 1 aromatic heterocycles. The van der Waals surface area contributed by atoms with Crippen molar-refractivity contribution in [1.29, 1.82) is 0 Å². The van der Waals surface area contributed by atoms with E-state index in [4.69, 9.17) is 4.74 Å². The number of methoxy groups -OCH3 is 1. The van der Waals surface area contributed by atoms with Crippen LogP contribution < -0.4 is 5.32 Å². The maximum Gasteiger partial charge on any atom is 0.328 e. The van der Waals surface area contributed by atoms with Crippen LogP contribution in [-0.4, -0.2) is 51.0 Å². The Bertz CT molecular complexity index is 786. The Hall–Kier alpha value is -2.42. The van der Waals surface area contributed by atoms with E-state index in [1.165, 1.54) is 18.9 Å². The lowest BCUT2D eigenvalue weighted by molar-refractivity contribution is -0.145. The number of carbonyl (C=O) groups is 2. The van der Waals surface area contributed by atoms with Crippen molar-refractivity contribution >= 4 is 23.6 Å². The van der Waals surface area contributed by atoms with Crippen molar-refractivity contribution in [3.05, 3.63) is 29.3 Å². The van der Waals surface area contributed by atoms with Gasteiger partial charge in [0.15, 0.2) is 0 Å². The monoisotopic (exact) mass is 391 g/mol. The number of aryl methyl sites for hydroxylation is 2. The average Bonchev–Trinajstić information content (AvgIpc) is 3.06. The minimum atomic E-state index is -0.654. The highest BCUT2D eigenvalue weighted by Crippen LogP contribution is 2.20. The Kier molecular flexibility index (Phi) is 7.35. The van der Waals surface area contributed by atoms with Crippen LogP contribution in [0.3, 0.4) is 0 Å². The van der Waals surface area contributed by atoms with Crippen LogP contribution >= 0.6 is 11.8 Å². The first kappa shape index (κ1) is 20.9. The number of nitrogens with zero attached hydrogens (tertiary/aromatic N) is 4. The Balaban J connectivity index is 2.03. The zero-order chi connectivity index (χ0) is 20.0. The zero-order valence-corrected chi connectivity index (χ0v) is 17.0. The van der Waals surface area contributed by atoms with Crippen LogP contribution in [0.1, 0.15) is 31.4 Å². The summed E-state index contributed by atoms with van der Waals surface area (Å²) in [4.78, 5) is 24.1. The normalized spacial score (nSPS) is 12.1. The maximum atomic E-state index is 12.3. The Morgan fingerprint density at radius 3 is 2.48 bits per heavy atom. The highest BCUT2D eigenvalue weighted by molar-refractivity contribution is 7.99. The van der Waals surface area contributed by atoms with Gasteiger partial charge in [-0.15, -0.1) is 5.10 Å². The number of rotatable bonds is 8. The molecule has 1 atom stereocenters. The molecule has 27 heavy (non-hydrogen) atoms. The van der Waals surface area contributed by atoms with E-state index < -0.39 is 12.0 Å². The van der Waals surface area contributed by atoms with Gasteiger partial charge < -0.3 is 10.1 Å². The number of ether oxygens (including phenoxy) is 1. The summed E-state index contributed by atoms with van der Waals surface area (Å²) >= 11 is 1.21. The predicted octanol–water partition coefficient (Wildman–Crippen LogP) is 2.08. The molecular weight excluding hydrogens is 366 g/mol. The third kappa shape index (κ3) is 6.06. The van der Waals surface area contributed by atoms with Crippen molar-refractivity contribution in [3.63, 3.8) is 0 Å². The summed E-state index contributed by atoms with van der Waals surface area (Å²) in [6.45, 7) is 7.97. The van der Waals surface area contributed by atoms with Gasteiger partial charge in [-0.2, -0.15) is 4.68 Å². The van der Waals surface area contributed by atoms with E-state index in [2.05, 4.69) is 26.9 Å². The molecule has 0 unspecified atom stereocenters. The first-order valence-corrected chi connectivity index (χ1v) is 9.65. The number of benzene rings is 1. The lowest BCUT2D eigenvalue weighted by Crippen LogP contribution is -2.43. The van der Waals surface area contributed by atoms with Gasteiger partial charge in [0.2, 0.25) is 11.1 Å². The number of hydrogen-bond acceptors (Lipinski definition) is 7. The third-order valence-corrected chi connectivity index (χ3v) is 4.67. The summed E-state index contributed by atoms with van der Waals surface area (Å²) in [7, 11) is 1.31. The number of hydrogen-bond donors (Lipinski definition) is 1. The molecule has 8 nitrogen and oxygen atoms in total. The summed E-state index contributed by atoms with van der Waals surface area (Å²) in [6.07, 6.45) is 0.517. The highest BCUT2D eigenvalue weighted by Gasteiger charge is 2.23. The molecule has 0 aliphatic rings. The van der Waals surface area contributed by atoms with Crippen molar-refractivity contribution < 1.29 is 14.3 Å². The van der Waals surface area contributed by atoms with E-state index in [9.17, 15) is 9.59 Å². The van der Waals surface area contributed by atoms with Gasteiger partial charge in [-0.1, -0.05) is 31.7 Å². The Labute approximate surface area is 163 Å². The minimum absolute atomic E-state index is 0.0940. The van der Waals surface area contributed by atoms with Crippen LogP contribution in [-0.2, 0) is 14.3 Å². The minimum Gasteiger partial charge on any atom is -0.467 e. The van der Waals surface area contributed by atoms with Gasteiger partial charge in [0, 0.05) is 0 Å². The van der Waals surface area contributed by atoms with Gasteiger partial charge in [0.1, 0.15) is 6.04 Å². The molecule has 0 saturated carbocycles. The standard InChI is InChI=1S/C18H25N5O3S/c1-11(2)6-15(17(25)26-5)19-16(24)10-27-18-20-21-22-23(18)14-8-12(3)7-13(4)9-14/h7-9,11,15H,6,10H2,1-5H3,(H,19,24)/t15-/m1/s1. The molecule has 2 rings (SSSR count). The first-order valence-electron chi connectivity index (χ1n) is 8.67. The summed E-state index contributed by atoms with van der Waals surface area (Å²) in [5.41, 5.74) is 3.04. The molecule has 0 radical (unpaired) electrons. The van der Waals surface area contributed by atoms with E-state index in [1.54, 1.807) is 4.68 Å². The largest absolute Gasteiger partial charge is 0.467 e. The molecule has 1 heterocycles. The zero-order valence-electron chi connectivity index (χ0n) is 16.2. The van der Waals surface area contributed by atoms with Gasteiger partial charge in [0.05, 0.1) is 18.6 Å². The quantitative estimate of drug-likeness (QED) is 0.543. The highest BCUT2D eigenvalue weighted by atomic mass is 32.2. The van der Waals surface area contributed by atoms with Gasteiger partial charge in [-0.25, -0.2) is 4.79 Å². The third-order valence-electron chi connectivity index (χ3n) is 3.75. The van der Waals surface area contributed by atoms with Crippen LogP contribution in [0.25, 0.3) is 5.69 Å². The number of aromatic nitrogens is 4. The molecule has 1 N–H and O–H groups in total. The average molecular weight is 391 g/mol. The van der Waals surface area contributed by atoms with E-state index >= 15 is 0 Å². The van der Waals surface area contributed by atoms with E-state index in [0.717, 1.165) is 16.8 Å². The molecule has 1 amide bonds. The molecule has 0 spiro atoms. The molecule has 0 aliphatic carbocycles.